The molecule has 0 unspecified atom stereocenters. The van der Waals surface area contributed by atoms with E-state index in [0.717, 1.165) is 6.07 Å². The summed E-state index contributed by atoms with van der Waals surface area (Å²) in [4.78, 5) is 41.1. The van der Waals surface area contributed by atoms with E-state index in [-0.39, 0.29) is 23.4 Å². The van der Waals surface area contributed by atoms with E-state index in [2.05, 4.69) is 0 Å². The van der Waals surface area contributed by atoms with E-state index < -0.39 is 35.3 Å². The van der Waals surface area contributed by atoms with Gasteiger partial charge in [-0.3, -0.25) is 9.59 Å². The Morgan fingerprint density at radius 3 is 2.29 bits per heavy atom. The van der Waals surface area contributed by atoms with Crippen LogP contribution in [-0.4, -0.2) is 74.0 Å². The maximum atomic E-state index is 14.3. The molecule has 0 radical (unpaired) electrons. The molecule has 0 bridgehead atoms. The van der Waals surface area contributed by atoms with Crippen molar-refractivity contribution in [2.24, 2.45) is 0 Å². The Morgan fingerprint density at radius 2 is 1.74 bits per heavy atom. The number of nitrogens with zero attached hydrogens (tertiary/aromatic N) is 2. The van der Waals surface area contributed by atoms with Crippen molar-refractivity contribution >= 4 is 23.4 Å². The lowest BCUT2D eigenvalue weighted by Crippen LogP contribution is -2.32. The van der Waals surface area contributed by atoms with Gasteiger partial charge in [-0.2, -0.15) is 0 Å². The number of likely N-dealkylation sites (tertiary alicyclic amines) is 1. The van der Waals surface area contributed by atoms with Gasteiger partial charge in [0.2, 0.25) is 0 Å². The average molecular weight is 470 g/mol. The largest absolute Gasteiger partial charge is 0.507 e. The number of aliphatic hydroxyl groups excluding tert-OH is 1. The van der Waals surface area contributed by atoms with Crippen molar-refractivity contribution in [3.05, 3.63) is 70.5 Å². The Hall–Kier alpha value is -3.72. The molecule has 0 saturated carbocycles. The van der Waals surface area contributed by atoms with Crippen LogP contribution in [0.1, 0.15) is 33.9 Å². The number of methoxy groups -OCH3 is 2. The van der Waals surface area contributed by atoms with E-state index in [1.54, 1.807) is 12.1 Å². The molecule has 2 aromatic rings. The first kappa shape index (κ1) is 24.9. The molecular weight excluding hydrogens is 443 g/mol. The van der Waals surface area contributed by atoms with Crippen molar-refractivity contribution in [2.75, 3.05) is 41.4 Å². The highest BCUT2D eigenvalue weighted by Gasteiger charge is 2.45. The third-order valence-corrected chi connectivity index (χ3v) is 5.62. The fraction of sp³-hybridized carbons (Fsp3) is 0.320. The number of ether oxygens (including phenoxy) is 2. The number of amides is 1. The van der Waals surface area contributed by atoms with Crippen LogP contribution in [0.15, 0.2) is 48.0 Å². The van der Waals surface area contributed by atoms with Crippen LogP contribution in [0.2, 0.25) is 0 Å². The summed E-state index contributed by atoms with van der Waals surface area (Å²) in [6, 6.07) is 9.13. The van der Waals surface area contributed by atoms with Crippen LogP contribution in [0.25, 0.3) is 5.76 Å². The van der Waals surface area contributed by atoms with Gasteiger partial charge >= 0.3 is 5.97 Å². The Morgan fingerprint density at radius 1 is 1.09 bits per heavy atom. The number of ketones is 1. The Balaban J connectivity index is 2.10. The summed E-state index contributed by atoms with van der Waals surface area (Å²) in [5.41, 5.74) is 0.714. The fourth-order valence-electron chi connectivity index (χ4n) is 3.90. The maximum absolute atomic E-state index is 14.3. The van der Waals surface area contributed by atoms with Crippen LogP contribution in [-0.2, 0) is 14.3 Å². The van der Waals surface area contributed by atoms with Gasteiger partial charge in [0, 0.05) is 12.1 Å². The van der Waals surface area contributed by atoms with E-state index >= 15 is 0 Å². The molecule has 0 spiro atoms. The number of rotatable bonds is 8. The molecule has 1 N–H and O–H groups in total. The highest BCUT2D eigenvalue weighted by Crippen LogP contribution is 2.40. The topological polar surface area (TPSA) is 96.4 Å². The number of hydrogen-bond donors (Lipinski definition) is 1. The first-order valence-corrected chi connectivity index (χ1v) is 10.6. The maximum Gasteiger partial charge on any atom is 0.337 e. The molecular formula is C25H27FN2O6. The second-order valence-electron chi connectivity index (χ2n) is 8.11. The first-order chi connectivity index (χ1) is 16.2. The molecule has 0 aromatic heterocycles. The van der Waals surface area contributed by atoms with Gasteiger partial charge in [0.15, 0.2) is 11.6 Å². The Bertz CT molecular complexity index is 1130. The standard InChI is InChI=1S/C25H27FN2O6/c1-27(2)12-5-13-28-21(15-6-8-16(9-7-15)25(32)34-4)20(23(30)24(28)31)22(29)17-10-11-19(33-3)18(26)14-17/h6-11,14,21,29H,5,12-13H2,1-4H3/t21-/m0/s1. The lowest BCUT2D eigenvalue weighted by molar-refractivity contribution is -0.139. The van der Waals surface area contributed by atoms with E-state index in [1.807, 2.05) is 19.0 Å². The van der Waals surface area contributed by atoms with Crippen LogP contribution >= 0.6 is 0 Å². The lowest BCUT2D eigenvalue weighted by atomic mass is 9.94. The van der Waals surface area contributed by atoms with Crippen LogP contribution in [0.5, 0.6) is 5.75 Å². The third kappa shape index (κ3) is 4.94. The van der Waals surface area contributed by atoms with Gasteiger partial charge in [-0.1, -0.05) is 12.1 Å². The summed E-state index contributed by atoms with van der Waals surface area (Å²) >= 11 is 0. The van der Waals surface area contributed by atoms with Crippen LogP contribution in [0.4, 0.5) is 4.39 Å². The molecule has 34 heavy (non-hydrogen) atoms. The van der Waals surface area contributed by atoms with E-state index in [4.69, 9.17) is 9.47 Å². The molecule has 1 heterocycles. The Kier molecular flexibility index (Phi) is 7.68. The van der Waals surface area contributed by atoms with Gasteiger partial charge in [-0.15, -0.1) is 0 Å². The van der Waals surface area contributed by atoms with E-state index in [9.17, 15) is 23.9 Å². The fourth-order valence-corrected chi connectivity index (χ4v) is 3.90. The van der Waals surface area contributed by atoms with Crippen molar-refractivity contribution in [2.45, 2.75) is 12.5 Å². The van der Waals surface area contributed by atoms with Crippen molar-refractivity contribution < 1.29 is 33.4 Å². The molecule has 3 rings (SSSR count). The molecule has 1 atom stereocenters. The molecule has 1 aliphatic rings. The summed E-state index contributed by atoms with van der Waals surface area (Å²) in [5, 5.41) is 11.0. The summed E-state index contributed by atoms with van der Waals surface area (Å²) in [7, 11) is 6.38. The number of aliphatic hydroxyl groups is 1. The molecule has 1 saturated heterocycles. The number of esters is 1. The zero-order chi connectivity index (χ0) is 25.0. The summed E-state index contributed by atoms with van der Waals surface area (Å²) in [5.74, 6) is -3.37. The summed E-state index contributed by atoms with van der Waals surface area (Å²) in [6.07, 6.45) is 0.591. The zero-order valence-electron chi connectivity index (χ0n) is 19.5. The minimum absolute atomic E-state index is 0.0179. The van der Waals surface area contributed by atoms with Gasteiger partial charge in [0.05, 0.1) is 31.4 Å². The third-order valence-electron chi connectivity index (χ3n) is 5.62. The van der Waals surface area contributed by atoms with Gasteiger partial charge in [0.25, 0.3) is 11.7 Å². The summed E-state index contributed by atoms with van der Waals surface area (Å²) < 4.78 is 23.9. The predicted octanol–water partition coefficient (Wildman–Crippen LogP) is 2.99. The van der Waals surface area contributed by atoms with Crippen molar-refractivity contribution in [1.82, 2.24) is 9.80 Å². The minimum Gasteiger partial charge on any atom is -0.507 e. The molecule has 2 aromatic carbocycles. The monoisotopic (exact) mass is 470 g/mol. The second-order valence-corrected chi connectivity index (χ2v) is 8.11. The Labute approximate surface area is 197 Å². The molecule has 9 heteroatoms. The van der Waals surface area contributed by atoms with E-state index in [1.165, 1.54) is 43.4 Å². The van der Waals surface area contributed by atoms with E-state index in [0.29, 0.717) is 24.1 Å². The normalized spacial score (nSPS) is 17.4. The minimum atomic E-state index is -0.904. The van der Waals surface area contributed by atoms with Crippen LogP contribution in [0, 0.1) is 5.82 Å². The lowest BCUT2D eigenvalue weighted by Gasteiger charge is -2.26. The number of Topliss-reactive ketones (excluding diaryl/α,β-unsaturated/α-hetero) is 1. The zero-order valence-corrected chi connectivity index (χ0v) is 19.5. The predicted molar refractivity (Wildman–Crippen MR) is 123 cm³/mol. The molecule has 1 amide bonds. The number of carbonyl (C=O) groups excluding carboxylic acids is 3. The highest BCUT2D eigenvalue weighted by molar-refractivity contribution is 6.46. The van der Waals surface area contributed by atoms with Gasteiger partial charge in [-0.05, 0) is 63.0 Å². The first-order valence-electron chi connectivity index (χ1n) is 10.6. The SMILES string of the molecule is COC(=O)c1ccc([C@H]2C(=C(O)c3ccc(OC)c(F)c3)C(=O)C(=O)N2CCCN(C)C)cc1. The second kappa shape index (κ2) is 10.5. The number of carbonyl (C=O) groups is 3. The molecule has 1 aliphatic heterocycles. The molecule has 180 valence electrons. The van der Waals surface area contributed by atoms with Gasteiger partial charge < -0.3 is 24.4 Å². The number of benzene rings is 2. The van der Waals surface area contributed by atoms with Crippen LogP contribution in [0.3, 0.4) is 0 Å². The van der Waals surface area contributed by atoms with Gasteiger partial charge in [-0.25, -0.2) is 9.18 Å². The average Bonchev–Trinajstić information content (AvgIpc) is 3.08. The molecule has 0 aliphatic carbocycles. The van der Waals surface area contributed by atoms with Crippen LogP contribution < -0.4 is 4.74 Å². The molecule has 1 fully saturated rings. The van der Waals surface area contributed by atoms with Crippen molar-refractivity contribution in [3.8, 4) is 5.75 Å². The van der Waals surface area contributed by atoms with Gasteiger partial charge in [0.1, 0.15) is 5.76 Å². The highest BCUT2D eigenvalue weighted by atomic mass is 19.1. The number of hydrogen-bond acceptors (Lipinski definition) is 7. The van der Waals surface area contributed by atoms with Crippen molar-refractivity contribution in [1.29, 1.82) is 0 Å². The number of halogens is 1. The summed E-state index contributed by atoms with van der Waals surface area (Å²) in [6.45, 7) is 0.945. The smallest absolute Gasteiger partial charge is 0.337 e. The van der Waals surface area contributed by atoms with Crippen molar-refractivity contribution in [3.63, 3.8) is 0 Å². The molecule has 8 nitrogen and oxygen atoms in total. The quantitative estimate of drug-likeness (QED) is 0.274.